The first kappa shape index (κ1) is 23.5. The maximum atomic E-state index is 13.3. The molecule has 2 amide bonds. The van der Waals surface area contributed by atoms with Gasteiger partial charge in [0, 0.05) is 18.7 Å². The second-order valence-electron chi connectivity index (χ2n) is 8.70. The van der Waals surface area contributed by atoms with E-state index in [-0.39, 0.29) is 54.8 Å². The van der Waals surface area contributed by atoms with E-state index in [9.17, 15) is 18.8 Å². The Bertz CT molecular complexity index is 1330. The number of carbonyl (C=O) groups is 3. The molecule has 1 saturated heterocycles. The van der Waals surface area contributed by atoms with Gasteiger partial charge in [0.15, 0.2) is 24.7 Å². The Morgan fingerprint density at radius 3 is 2.72 bits per heavy atom. The minimum absolute atomic E-state index is 0.0224. The van der Waals surface area contributed by atoms with Crippen molar-refractivity contribution in [2.24, 2.45) is 0 Å². The van der Waals surface area contributed by atoms with Crippen LogP contribution >= 0.6 is 0 Å². The molecule has 3 aromatic rings. The number of anilines is 1. The zero-order valence-electron chi connectivity index (χ0n) is 19.7. The molecular formula is C26H24FN3O6. The molecule has 186 valence electrons. The Morgan fingerprint density at radius 1 is 1.14 bits per heavy atom. The van der Waals surface area contributed by atoms with Gasteiger partial charge in [-0.25, -0.2) is 9.37 Å². The van der Waals surface area contributed by atoms with Crippen LogP contribution in [0.3, 0.4) is 0 Å². The van der Waals surface area contributed by atoms with Gasteiger partial charge in [-0.15, -0.1) is 0 Å². The molecule has 1 fully saturated rings. The zero-order valence-corrected chi connectivity index (χ0v) is 19.7. The van der Waals surface area contributed by atoms with E-state index in [0.717, 1.165) is 12.8 Å². The van der Waals surface area contributed by atoms with Gasteiger partial charge in [-0.1, -0.05) is 0 Å². The van der Waals surface area contributed by atoms with Crippen molar-refractivity contribution < 1.29 is 32.7 Å². The number of benzene rings is 2. The molecule has 0 saturated carbocycles. The molecule has 9 nitrogen and oxygen atoms in total. The molecule has 0 bridgehead atoms. The molecule has 2 aliphatic heterocycles. The number of halogens is 1. The predicted octanol–water partition coefficient (Wildman–Crippen LogP) is 3.55. The Labute approximate surface area is 206 Å². The van der Waals surface area contributed by atoms with Crippen LogP contribution in [0.4, 0.5) is 10.1 Å². The van der Waals surface area contributed by atoms with Gasteiger partial charge in [0.1, 0.15) is 30.1 Å². The number of fused-ring (bicyclic) bond motifs is 1. The molecule has 0 unspecified atom stereocenters. The fraction of sp³-hybridized carbons (Fsp3) is 0.308. The second-order valence-corrected chi connectivity index (χ2v) is 8.70. The van der Waals surface area contributed by atoms with E-state index in [1.807, 2.05) is 0 Å². The summed E-state index contributed by atoms with van der Waals surface area (Å²) in [6.45, 7) is 2.62. The lowest BCUT2D eigenvalue weighted by Crippen LogP contribution is -2.38. The number of carbonyl (C=O) groups excluding carboxylic acids is 3. The van der Waals surface area contributed by atoms with Crippen LogP contribution in [0.25, 0.3) is 0 Å². The maximum Gasteiger partial charge on any atom is 0.275 e. The fourth-order valence-electron chi connectivity index (χ4n) is 4.25. The third-order valence-corrected chi connectivity index (χ3v) is 6.18. The topological polar surface area (TPSA) is 102 Å². The van der Waals surface area contributed by atoms with Crippen LogP contribution < -0.4 is 14.4 Å². The predicted molar refractivity (Wildman–Crippen MR) is 126 cm³/mol. The Morgan fingerprint density at radius 2 is 1.94 bits per heavy atom. The van der Waals surface area contributed by atoms with Crippen LogP contribution in [0, 0.1) is 12.7 Å². The highest BCUT2D eigenvalue weighted by Gasteiger charge is 2.29. The van der Waals surface area contributed by atoms with Gasteiger partial charge in [0.05, 0.1) is 5.69 Å². The second kappa shape index (κ2) is 9.80. The van der Waals surface area contributed by atoms with Gasteiger partial charge in [-0.05, 0) is 61.7 Å². The van der Waals surface area contributed by atoms with Crippen molar-refractivity contribution in [1.82, 2.24) is 9.88 Å². The molecule has 0 N–H and O–H groups in total. The van der Waals surface area contributed by atoms with E-state index in [0.29, 0.717) is 41.4 Å². The molecule has 0 spiro atoms. The maximum absolute atomic E-state index is 13.3. The summed E-state index contributed by atoms with van der Waals surface area (Å²) in [6, 6.07) is 8.82. The Hall–Kier alpha value is -4.21. The molecule has 0 aliphatic carbocycles. The lowest BCUT2D eigenvalue weighted by molar-refractivity contribution is -0.121. The number of hydrogen-bond donors (Lipinski definition) is 0. The smallest absolute Gasteiger partial charge is 0.275 e. The third-order valence-electron chi connectivity index (χ3n) is 6.18. The molecule has 0 radical (unpaired) electrons. The van der Waals surface area contributed by atoms with Crippen molar-refractivity contribution in [2.75, 3.05) is 31.2 Å². The SMILES string of the molecule is Cc1cc(F)ccc1OCC(=O)c1ccc2c(c1)N(Cc1nc(C(=O)N3CCCC3)co1)C(=O)CO2. The molecular weight excluding hydrogens is 469 g/mol. The number of oxazole rings is 1. The molecule has 10 heteroatoms. The monoisotopic (exact) mass is 493 g/mol. The summed E-state index contributed by atoms with van der Waals surface area (Å²) in [7, 11) is 0. The summed E-state index contributed by atoms with van der Waals surface area (Å²) in [5.74, 6) is -0.201. The number of Topliss-reactive ketones (excluding diaryl/α,β-unsaturated/α-hetero) is 1. The number of hydrogen-bond acceptors (Lipinski definition) is 7. The zero-order chi connectivity index (χ0) is 25.2. The number of aromatic nitrogens is 1. The number of nitrogens with zero attached hydrogens (tertiary/aromatic N) is 3. The number of likely N-dealkylation sites (tertiary alicyclic amines) is 1. The van der Waals surface area contributed by atoms with Crippen LogP contribution in [0.5, 0.6) is 11.5 Å². The van der Waals surface area contributed by atoms with Crippen LogP contribution in [0.15, 0.2) is 47.1 Å². The summed E-state index contributed by atoms with van der Waals surface area (Å²) < 4.78 is 29.9. The molecule has 36 heavy (non-hydrogen) atoms. The largest absolute Gasteiger partial charge is 0.485 e. The van der Waals surface area contributed by atoms with E-state index in [1.165, 1.54) is 29.4 Å². The van der Waals surface area contributed by atoms with E-state index in [4.69, 9.17) is 13.9 Å². The van der Waals surface area contributed by atoms with E-state index < -0.39 is 0 Å². The van der Waals surface area contributed by atoms with Gasteiger partial charge in [-0.2, -0.15) is 0 Å². The number of rotatable bonds is 7. The first-order valence-corrected chi connectivity index (χ1v) is 11.6. The van der Waals surface area contributed by atoms with Crippen molar-refractivity contribution in [3.63, 3.8) is 0 Å². The van der Waals surface area contributed by atoms with Crippen molar-refractivity contribution in [3.8, 4) is 11.5 Å². The number of ether oxygens (including phenoxy) is 2. The lowest BCUT2D eigenvalue weighted by Gasteiger charge is -2.28. The number of ketones is 1. The van der Waals surface area contributed by atoms with Crippen molar-refractivity contribution >= 4 is 23.3 Å². The first-order valence-electron chi connectivity index (χ1n) is 11.6. The van der Waals surface area contributed by atoms with Crippen molar-refractivity contribution in [3.05, 3.63) is 71.2 Å². The third kappa shape index (κ3) is 4.79. The quantitative estimate of drug-likeness (QED) is 0.464. The molecule has 1 aromatic heterocycles. The highest BCUT2D eigenvalue weighted by molar-refractivity contribution is 6.02. The average Bonchev–Trinajstić information content (AvgIpc) is 3.57. The number of amides is 2. The van der Waals surface area contributed by atoms with Gasteiger partial charge >= 0.3 is 0 Å². The van der Waals surface area contributed by atoms with Crippen LogP contribution in [0.2, 0.25) is 0 Å². The van der Waals surface area contributed by atoms with E-state index in [1.54, 1.807) is 30.0 Å². The lowest BCUT2D eigenvalue weighted by atomic mass is 10.1. The minimum Gasteiger partial charge on any atom is -0.485 e. The highest BCUT2D eigenvalue weighted by atomic mass is 19.1. The highest BCUT2D eigenvalue weighted by Crippen LogP contribution is 2.34. The summed E-state index contributed by atoms with van der Waals surface area (Å²) in [4.78, 5) is 45.5. The first-order chi connectivity index (χ1) is 17.4. The number of aryl methyl sites for hydroxylation is 1. The van der Waals surface area contributed by atoms with Gasteiger partial charge in [-0.3, -0.25) is 19.3 Å². The summed E-state index contributed by atoms with van der Waals surface area (Å²) in [5.41, 5.74) is 1.48. The Kier molecular flexibility index (Phi) is 6.41. The summed E-state index contributed by atoms with van der Waals surface area (Å²) in [6.07, 6.45) is 3.23. The standard InChI is InChI=1S/C26H24FN3O6/c1-16-10-18(27)5-7-22(16)34-14-21(31)17-4-6-23-20(11-17)30(25(32)15-35-23)12-24-28-19(13-36-24)26(33)29-8-2-3-9-29/h4-7,10-11,13H,2-3,8-9,12,14-15H2,1H3. The van der Waals surface area contributed by atoms with Crippen LogP contribution in [-0.2, 0) is 11.3 Å². The Balaban J connectivity index is 1.32. The average molecular weight is 493 g/mol. The summed E-state index contributed by atoms with van der Waals surface area (Å²) >= 11 is 0. The van der Waals surface area contributed by atoms with Gasteiger partial charge in [0.2, 0.25) is 5.89 Å². The van der Waals surface area contributed by atoms with Gasteiger partial charge in [0.25, 0.3) is 11.8 Å². The molecule has 2 aliphatic rings. The molecule has 0 atom stereocenters. The van der Waals surface area contributed by atoms with Crippen LogP contribution in [0.1, 0.15) is 45.1 Å². The molecule has 2 aromatic carbocycles. The molecule has 3 heterocycles. The van der Waals surface area contributed by atoms with Crippen molar-refractivity contribution in [1.29, 1.82) is 0 Å². The van der Waals surface area contributed by atoms with Crippen LogP contribution in [-0.4, -0.2) is 53.8 Å². The summed E-state index contributed by atoms with van der Waals surface area (Å²) in [5, 5.41) is 0. The van der Waals surface area contributed by atoms with Crippen molar-refractivity contribution in [2.45, 2.75) is 26.3 Å². The van der Waals surface area contributed by atoms with Gasteiger partial charge < -0.3 is 18.8 Å². The normalized spacial score (nSPS) is 15.0. The minimum atomic E-state index is -0.385. The van der Waals surface area contributed by atoms with E-state index >= 15 is 0 Å². The molecule has 5 rings (SSSR count). The fourth-order valence-corrected chi connectivity index (χ4v) is 4.25. The van der Waals surface area contributed by atoms with E-state index in [2.05, 4.69) is 4.98 Å².